The van der Waals surface area contributed by atoms with Gasteiger partial charge in [0.25, 0.3) is 0 Å². The van der Waals surface area contributed by atoms with Crippen LogP contribution in [0.15, 0.2) is 60.7 Å². The third-order valence-electron chi connectivity index (χ3n) is 3.38. The molecule has 3 heteroatoms. The van der Waals surface area contributed by atoms with Crippen LogP contribution < -0.4 is 5.32 Å². The lowest BCUT2D eigenvalue weighted by Crippen LogP contribution is -2.04. The van der Waals surface area contributed by atoms with Crippen molar-refractivity contribution in [3.8, 4) is 11.3 Å². The molecule has 1 N–H and O–H groups in total. The van der Waals surface area contributed by atoms with Crippen molar-refractivity contribution in [3.05, 3.63) is 71.1 Å². The van der Waals surface area contributed by atoms with Crippen molar-refractivity contribution in [1.82, 2.24) is 4.98 Å². The average molecular weight is 294 g/mol. The highest BCUT2D eigenvalue weighted by atomic mass is 32.1. The van der Waals surface area contributed by atoms with Gasteiger partial charge in [-0.15, -0.1) is 11.3 Å². The van der Waals surface area contributed by atoms with E-state index in [1.54, 1.807) is 11.3 Å². The molecule has 0 bridgehead atoms. The van der Waals surface area contributed by atoms with Crippen LogP contribution in [0, 0.1) is 6.92 Å². The number of nitrogens with one attached hydrogen (secondary N) is 1. The van der Waals surface area contributed by atoms with Gasteiger partial charge in [0, 0.05) is 17.0 Å². The summed E-state index contributed by atoms with van der Waals surface area (Å²) in [5, 5.41) is 4.43. The summed E-state index contributed by atoms with van der Waals surface area (Å²) in [6.45, 7) is 3.04. The molecule has 2 nitrogen and oxygen atoms in total. The van der Waals surface area contributed by atoms with E-state index in [1.165, 1.54) is 16.0 Å². The molecule has 0 amide bonds. The van der Waals surface area contributed by atoms with E-state index in [9.17, 15) is 0 Å². The second kappa shape index (κ2) is 6.55. The molecule has 0 aliphatic rings. The fourth-order valence-electron chi connectivity index (χ4n) is 2.29. The number of thiazole rings is 1. The second-order valence-corrected chi connectivity index (χ2v) is 6.16. The number of anilines is 1. The highest BCUT2D eigenvalue weighted by Gasteiger charge is 2.08. The molecule has 3 aromatic rings. The number of aryl methyl sites for hydroxylation is 1. The Morgan fingerprint density at radius 3 is 2.33 bits per heavy atom. The minimum absolute atomic E-state index is 0.908. The predicted molar refractivity (Wildman–Crippen MR) is 90.9 cm³/mol. The van der Waals surface area contributed by atoms with E-state index in [4.69, 9.17) is 4.98 Å². The van der Waals surface area contributed by atoms with Crippen LogP contribution in [0.4, 0.5) is 5.13 Å². The van der Waals surface area contributed by atoms with Gasteiger partial charge in [-0.05, 0) is 18.9 Å². The van der Waals surface area contributed by atoms with Crippen LogP contribution in [0.1, 0.15) is 10.4 Å². The molecule has 21 heavy (non-hydrogen) atoms. The lowest BCUT2D eigenvalue weighted by molar-refractivity contribution is 1.02. The molecule has 106 valence electrons. The number of nitrogens with zero attached hydrogens (tertiary/aromatic N) is 1. The summed E-state index contributed by atoms with van der Waals surface area (Å²) < 4.78 is 0. The standard InChI is InChI=1S/C18H18N2S/c1-14-17(16-10-6-3-7-11-16)20-18(21-14)19-13-12-15-8-4-2-5-9-15/h2-11H,12-13H2,1H3,(H,19,20). The summed E-state index contributed by atoms with van der Waals surface area (Å²) in [5.41, 5.74) is 3.62. The Bertz CT molecular complexity index is 690. The van der Waals surface area contributed by atoms with Gasteiger partial charge in [-0.3, -0.25) is 0 Å². The first-order valence-electron chi connectivity index (χ1n) is 7.13. The Morgan fingerprint density at radius 1 is 0.952 bits per heavy atom. The minimum atomic E-state index is 0.908. The molecule has 0 saturated heterocycles. The molecular weight excluding hydrogens is 276 g/mol. The molecule has 0 spiro atoms. The SMILES string of the molecule is Cc1sc(NCCc2ccccc2)nc1-c1ccccc1. The van der Waals surface area contributed by atoms with E-state index < -0.39 is 0 Å². The molecule has 0 radical (unpaired) electrons. The molecule has 3 rings (SSSR count). The van der Waals surface area contributed by atoms with Gasteiger partial charge in [0.2, 0.25) is 0 Å². The Morgan fingerprint density at radius 2 is 1.62 bits per heavy atom. The van der Waals surface area contributed by atoms with E-state index in [1.807, 2.05) is 12.1 Å². The number of benzene rings is 2. The lowest BCUT2D eigenvalue weighted by Gasteiger charge is -2.02. The first kappa shape index (κ1) is 13.8. The first-order valence-corrected chi connectivity index (χ1v) is 7.95. The van der Waals surface area contributed by atoms with Gasteiger partial charge in [-0.2, -0.15) is 0 Å². The van der Waals surface area contributed by atoms with Crippen molar-refractivity contribution in [1.29, 1.82) is 0 Å². The van der Waals surface area contributed by atoms with Gasteiger partial charge in [-0.25, -0.2) is 4.98 Å². The van der Waals surface area contributed by atoms with Crippen LogP contribution in [-0.4, -0.2) is 11.5 Å². The van der Waals surface area contributed by atoms with E-state index in [2.05, 4.69) is 60.8 Å². The zero-order valence-electron chi connectivity index (χ0n) is 12.0. The second-order valence-electron chi connectivity index (χ2n) is 4.95. The monoisotopic (exact) mass is 294 g/mol. The van der Waals surface area contributed by atoms with Crippen molar-refractivity contribution < 1.29 is 0 Å². The Kier molecular flexibility index (Phi) is 4.31. The fourth-order valence-corrected chi connectivity index (χ4v) is 3.16. The molecule has 0 saturated carbocycles. The summed E-state index contributed by atoms with van der Waals surface area (Å²) in [4.78, 5) is 5.97. The molecule has 1 aromatic heterocycles. The van der Waals surface area contributed by atoms with Crippen molar-refractivity contribution in [2.45, 2.75) is 13.3 Å². The Hall–Kier alpha value is -2.13. The van der Waals surface area contributed by atoms with Gasteiger partial charge in [0.1, 0.15) is 0 Å². The summed E-state index contributed by atoms with van der Waals surface area (Å²) >= 11 is 1.72. The van der Waals surface area contributed by atoms with E-state index >= 15 is 0 Å². The highest BCUT2D eigenvalue weighted by molar-refractivity contribution is 7.16. The quantitative estimate of drug-likeness (QED) is 0.733. The molecule has 0 atom stereocenters. The van der Waals surface area contributed by atoms with E-state index in [0.717, 1.165) is 23.8 Å². The number of hydrogen-bond donors (Lipinski definition) is 1. The molecule has 1 heterocycles. The Labute approximate surface area is 129 Å². The molecule has 2 aromatic carbocycles. The van der Waals surface area contributed by atoms with Crippen LogP contribution in [0.2, 0.25) is 0 Å². The summed E-state index contributed by atoms with van der Waals surface area (Å²) in [6.07, 6.45) is 1.01. The van der Waals surface area contributed by atoms with Crippen LogP contribution in [0.5, 0.6) is 0 Å². The number of rotatable bonds is 5. The third kappa shape index (κ3) is 3.50. The van der Waals surface area contributed by atoms with Crippen LogP contribution in [-0.2, 0) is 6.42 Å². The third-order valence-corrected chi connectivity index (χ3v) is 4.31. The smallest absolute Gasteiger partial charge is 0.183 e. The predicted octanol–water partition coefficient (Wildman–Crippen LogP) is 4.77. The number of aromatic nitrogens is 1. The maximum atomic E-state index is 4.72. The van der Waals surface area contributed by atoms with Crippen molar-refractivity contribution in [2.24, 2.45) is 0 Å². The molecule has 0 aliphatic carbocycles. The summed E-state index contributed by atoms with van der Waals surface area (Å²) in [6, 6.07) is 20.9. The Balaban J connectivity index is 1.65. The zero-order valence-corrected chi connectivity index (χ0v) is 12.9. The molecule has 0 fully saturated rings. The lowest BCUT2D eigenvalue weighted by atomic mass is 10.1. The van der Waals surface area contributed by atoms with Gasteiger partial charge in [-0.1, -0.05) is 60.7 Å². The maximum absolute atomic E-state index is 4.72. The van der Waals surface area contributed by atoms with Gasteiger partial charge in [0.05, 0.1) is 5.69 Å². The zero-order chi connectivity index (χ0) is 14.5. The largest absolute Gasteiger partial charge is 0.361 e. The minimum Gasteiger partial charge on any atom is -0.361 e. The van der Waals surface area contributed by atoms with E-state index in [0.29, 0.717) is 0 Å². The highest BCUT2D eigenvalue weighted by Crippen LogP contribution is 2.30. The van der Waals surface area contributed by atoms with Crippen LogP contribution >= 0.6 is 11.3 Å². The van der Waals surface area contributed by atoms with Gasteiger partial charge in [0.15, 0.2) is 5.13 Å². The van der Waals surface area contributed by atoms with Crippen molar-refractivity contribution >= 4 is 16.5 Å². The first-order chi connectivity index (χ1) is 10.3. The summed E-state index contributed by atoms with van der Waals surface area (Å²) in [5.74, 6) is 0. The normalized spacial score (nSPS) is 10.5. The topological polar surface area (TPSA) is 24.9 Å². The number of hydrogen-bond acceptors (Lipinski definition) is 3. The average Bonchev–Trinajstić information content (AvgIpc) is 2.90. The van der Waals surface area contributed by atoms with Crippen molar-refractivity contribution in [2.75, 3.05) is 11.9 Å². The van der Waals surface area contributed by atoms with Crippen LogP contribution in [0.3, 0.4) is 0 Å². The summed E-state index contributed by atoms with van der Waals surface area (Å²) in [7, 11) is 0. The molecule has 0 unspecified atom stereocenters. The van der Waals surface area contributed by atoms with Gasteiger partial charge >= 0.3 is 0 Å². The van der Waals surface area contributed by atoms with E-state index in [-0.39, 0.29) is 0 Å². The fraction of sp³-hybridized carbons (Fsp3) is 0.167. The van der Waals surface area contributed by atoms with Gasteiger partial charge < -0.3 is 5.32 Å². The van der Waals surface area contributed by atoms with Crippen molar-refractivity contribution in [3.63, 3.8) is 0 Å². The van der Waals surface area contributed by atoms with Crippen LogP contribution in [0.25, 0.3) is 11.3 Å². The maximum Gasteiger partial charge on any atom is 0.183 e. The molecule has 0 aliphatic heterocycles. The molecular formula is C18H18N2S.